The minimum Gasteiger partial charge on any atom is -0.444 e. The molecule has 0 saturated heterocycles. The van der Waals surface area contributed by atoms with Crippen LogP contribution in [0.4, 0.5) is 10.5 Å². The third kappa shape index (κ3) is 9.25. The third-order valence-corrected chi connectivity index (χ3v) is 6.64. The van der Waals surface area contributed by atoms with Crippen molar-refractivity contribution in [2.75, 3.05) is 17.6 Å². The van der Waals surface area contributed by atoms with E-state index in [9.17, 15) is 19.0 Å². The molecular formula is C24H33N2O5P. The van der Waals surface area contributed by atoms with Crippen LogP contribution in [-0.4, -0.2) is 34.8 Å². The minimum atomic E-state index is -3.62. The van der Waals surface area contributed by atoms with Crippen LogP contribution >= 0.6 is 7.37 Å². The van der Waals surface area contributed by atoms with Gasteiger partial charge in [0.05, 0.1) is 6.04 Å². The van der Waals surface area contributed by atoms with E-state index in [1.165, 1.54) is 0 Å². The van der Waals surface area contributed by atoms with Crippen LogP contribution < -0.4 is 10.6 Å². The van der Waals surface area contributed by atoms with Crippen molar-refractivity contribution in [3.05, 3.63) is 65.7 Å². The standard InChI is InChI=1S/C24H33N2O5P/c1-18-11-8-9-14-20(18)25-22(27)15-10-16-32(29,30)17-21(19-12-6-5-7-13-19)26-23(28)31-24(2,3)4/h5-9,11-14,21H,10,15-17H2,1-4H3,(H,25,27)(H,26,28)(H,29,30). The lowest BCUT2D eigenvalue weighted by Gasteiger charge is -2.25. The molecule has 3 N–H and O–H groups in total. The van der Waals surface area contributed by atoms with Crippen LogP contribution in [0.15, 0.2) is 54.6 Å². The van der Waals surface area contributed by atoms with E-state index in [1.54, 1.807) is 45.0 Å². The van der Waals surface area contributed by atoms with Gasteiger partial charge in [0.2, 0.25) is 13.3 Å². The Labute approximate surface area is 190 Å². The number of alkyl carbamates (subject to hydrolysis) is 1. The Morgan fingerprint density at radius 1 is 1.06 bits per heavy atom. The quantitative estimate of drug-likeness (QED) is 0.443. The number of hydrogen-bond donors (Lipinski definition) is 3. The van der Waals surface area contributed by atoms with E-state index in [2.05, 4.69) is 10.6 Å². The fraction of sp³-hybridized carbons (Fsp3) is 0.417. The average molecular weight is 461 g/mol. The average Bonchev–Trinajstić information content (AvgIpc) is 2.68. The summed E-state index contributed by atoms with van der Waals surface area (Å²) in [7, 11) is -3.62. The summed E-state index contributed by atoms with van der Waals surface area (Å²) in [6, 6.07) is 15.8. The van der Waals surface area contributed by atoms with Crippen LogP contribution in [0.5, 0.6) is 0 Å². The molecule has 2 atom stereocenters. The summed E-state index contributed by atoms with van der Waals surface area (Å²) < 4.78 is 18.2. The summed E-state index contributed by atoms with van der Waals surface area (Å²) in [5, 5.41) is 5.54. The molecule has 0 aliphatic carbocycles. The minimum absolute atomic E-state index is 0.0203. The van der Waals surface area contributed by atoms with Crippen LogP contribution in [0.25, 0.3) is 0 Å². The Bertz CT molecular complexity index is 956. The number of aryl methyl sites for hydroxylation is 1. The van der Waals surface area contributed by atoms with Gasteiger partial charge in [-0.25, -0.2) is 4.79 Å². The zero-order chi connectivity index (χ0) is 23.8. The number of para-hydroxylation sites is 1. The maximum absolute atomic E-state index is 12.9. The molecule has 174 valence electrons. The van der Waals surface area contributed by atoms with Crippen LogP contribution in [-0.2, 0) is 14.1 Å². The van der Waals surface area contributed by atoms with Gasteiger partial charge in [-0.2, -0.15) is 0 Å². The van der Waals surface area contributed by atoms with Gasteiger partial charge >= 0.3 is 6.09 Å². The highest BCUT2D eigenvalue weighted by molar-refractivity contribution is 7.58. The maximum Gasteiger partial charge on any atom is 0.408 e. The van der Waals surface area contributed by atoms with Gasteiger partial charge in [-0.3, -0.25) is 9.36 Å². The monoisotopic (exact) mass is 460 g/mol. The molecule has 2 aromatic rings. The zero-order valence-electron chi connectivity index (χ0n) is 19.1. The smallest absolute Gasteiger partial charge is 0.408 e. The lowest BCUT2D eigenvalue weighted by atomic mass is 10.1. The predicted octanol–water partition coefficient (Wildman–Crippen LogP) is 5.25. The van der Waals surface area contributed by atoms with Crippen molar-refractivity contribution < 1.29 is 23.8 Å². The van der Waals surface area contributed by atoms with Crippen molar-refractivity contribution in [1.29, 1.82) is 0 Å². The molecule has 2 aromatic carbocycles. The summed E-state index contributed by atoms with van der Waals surface area (Å²) >= 11 is 0. The Kier molecular flexibility index (Phi) is 9.05. The second-order valence-electron chi connectivity index (χ2n) is 8.83. The highest BCUT2D eigenvalue weighted by atomic mass is 31.2. The number of benzene rings is 2. The van der Waals surface area contributed by atoms with E-state index in [0.29, 0.717) is 5.56 Å². The van der Waals surface area contributed by atoms with Gasteiger partial charge in [-0.05, 0) is 51.3 Å². The van der Waals surface area contributed by atoms with Crippen molar-refractivity contribution >= 4 is 25.1 Å². The molecule has 0 aromatic heterocycles. The first-order chi connectivity index (χ1) is 15.0. The SMILES string of the molecule is Cc1ccccc1NC(=O)CCCP(=O)(O)CC(NC(=O)OC(C)(C)C)c1ccccc1. The first kappa shape index (κ1) is 25.6. The third-order valence-electron chi connectivity index (χ3n) is 4.69. The molecule has 0 spiro atoms. The molecule has 8 heteroatoms. The van der Waals surface area contributed by atoms with Gasteiger partial charge < -0.3 is 20.3 Å². The first-order valence-corrected chi connectivity index (χ1v) is 12.7. The summed E-state index contributed by atoms with van der Waals surface area (Å²) in [6.07, 6.45) is -0.416. The van der Waals surface area contributed by atoms with Crippen LogP contribution in [0.3, 0.4) is 0 Å². The van der Waals surface area contributed by atoms with E-state index in [1.807, 2.05) is 37.3 Å². The van der Waals surface area contributed by atoms with Crippen LogP contribution in [0.2, 0.25) is 0 Å². The van der Waals surface area contributed by atoms with E-state index in [0.717, 1.165) is 11.3 Å². The largest absolute Gasteiger partial charge is 0.444 e. The first-order valence-electron chi connectivity index (χ1n) is 10.7. The van der Waals surface area contributed by atoms with Gasteiger partial charge in [0.1, 0.15) is 5.60 Å². The molecule has 2 amide bonds. The van der Waals surface area contributed by atoms with E-state index in [4.69, 9.17) is 4.74 Å². The Morgan fingerprint density at radius 2 is 1.69 bits per heavy atom. The van der Waals surface area contributed by atoms with Gasteiger partial charge in [0.15, 0.2) is 0 Å². The Hall–Kier alpha value is -2.63. The molecule has 2 unspecified atom stereocenters. The highest BCUT2D eigenvalue weighted by Crippen LogP contribution is 2.45. The molecule has 0 fully saturated rings. The van der Waals surface area contributed by atoms with Crippen molar-refractivity contribution in [2.45, 2.75) is 52.2 Å². The maximum atomic E-state index is 12.9. The van der Waals surface area contributed by atoms with E-state index in [-0.39, 0.29) is 31.1 Å². The van der Waals surface area contributed by atoms with E-state index >= 15 is 0 Å². The van der Waals surface area contributed by atoms with Gasteiger partial charge in [-0.1, -0.05) is 48.5 Å². The lowest BCUT2D eigenvalue weighted by molar-refractivity contribution is -0.116. The molecule has 0 saturated carbocycles. The molecule has 0 bridgehead atoms. The number of hydrogen-bond acceptors (Lipinski definition) is 4. The van der Waals surface area contributed by atoms with Crippen molar-refractivity contribution in [3.63, 3.8) is 0 Å². The molecule has 0 aliphatic rings. The highest BCUT2D eigenvalue weighted by Gasteiger charge is 2.28. The normalized spacial score (nSPS) is 14.2. The summed E-state index contributed by atoms with van der Waals surface area (Å²) in [5.41, 5.74) is 1.71. The number of carbonyl (C=O) groups is 2. The lowest BCUT2D eigenvalue weighted by Crippen LogP contribution is -2.36. The molecule has 7 nitrogen and oxygen atoms in total. The zero-order valence-corrected chi connectivity index (χ0v) is 20.0. The second-order valence-corrected chi connectivity index (χ2v) is 11.3. The van der Waals surface area contributed by atoms with Gasteiger partial charge in [0, 0.05) is 24.4 Å². The van der Waals surface area contributed by atoms with Crippen LogP contribution in [0, 0.1) is 6.92 Å². The van der Waals surface area contributed by atoms with Gasteiger partial charge in [-0.15, -0.1) is 0 Å². The number of carbonyl (C=O) groups excluding carboxylic acids is 2. The van der Waals surface area contributed by atoms with E-state index < -0.39 is 25.1 Å². The number of ether oxygens (including phenoxy) is 1. The van der Waals surface area contributed by atoms with Crippen LogP contribution in [0.1, 0.15) is 50.8 Å². The predicted molar refractivity (Wildman–Crippen MR) is 127 cm³/mol. The summed E-state index contributed by atoms with van der Waals surface area (Å²) in [6.45, 7) is 7.16. The fourth-order valence-electron chi connectivity index (χ4n) is 3.16. The summed E-state index contributed by atoms with van der Waals surface area (Å²) in [4.78, 5) is 35.1. The molecular weight excluding hydrogens is 427 g/mol. The summed E-state index contributed by atoms with van der Waals surface area (Å²) in [5.74, 6) is -0.203. The Morgan fingerprint density at radius 3 is 2.31 bits per heavy atom. The number of amides is 2. The molecule has 0 aliphatic heterocycles. The molecule has 0 radical (unpaired) electrons. The fourth-order valence-corrected chi connectivity index (χ4v) is 4.87. The molecule has 32 heavy (non-hydrogen) atoms. The van der Waals surface area contributed by atoms with Crippen molar-refractivity contribution in [3.8, 4) is 0 Å². The van der Waals surface area contributed by atoms with Crippen molar-refractivity contribution in [2.24, 2.45) is 0 Å². The number of nitrogens with one attached hydrogen (secondary N) is 2. The Balaban J connectivity index is 1.95. The molecule has 2 rings (SSSR count). The molecule has 0 heterocycles. The topological polar surface area (TPSA) is 105 Å². The number of anilines is 1. The second kappa shape index (κ2) is 11.3. The van der Waals surface area contributed by atoms with Crippen molar-refractivity contribution in [1.82, 2.24) is 5.32 Å². The number of rotatable bonds is 9. The van der Waals surface area contributed by atoms with Gasteiger partial charge in [0.25, 0.3) is 0 Å².